The Morgan fingerprint density at radius 1 is 1.22 bits per heavy atom. The maximum atomic E-state index is 12.2. The Morgan fingerprint density at radius 3 is 2.63 bits per heavy atom. The van der Waals surface area contributed by atoms with Gasteiger partial charge in [-0.3, -0.25) is 4.79 Å². The number of aromatic nitrogens is 4. The Balaban J connectivity index is 1.78. The van der Waals surface area contributed by atoms with E-state index in [0.717, 1.165) is 53.7 Å². The van der Waals surface area contributed by atoms with E-state index in [9.17, 15) is 4.79 Å². The Bertz CT molecular complexity index is 767. The fourth-order valence-electron chi connectivity index (χ4n) is 3.54. The lowest BCUT2D eigenvalue weighted by Gasteiger charge is -2.18. The molecule has 7 nitrogen and oxygen atoms in total. The molecule has 2 aromatic heterocycles. The van der Waals surface area contributed by atoms with E-state index in [1.165, 1.54) is 12.8 Å². The maximum Gasteiger partial charge on any atom is 0.223 e. The number of fused-ring (bicyclic) bond motifs is 1. The van der Waals surface area contributed by atoms with E-state index in [1.54, 1.807) is 11.8 Å². The number of nitrogens with zero attached hydrogens (tertiary/aromatic N) is 5. The average Bonchev–Trinajstić information content (AvgIpc) is 3.33. The van der Waals surface area contributed by atoms with Crippen LogP contribution in [-0.2, 0) is 11.3 Å². The van der Waals surface area contributed by atoms with Crippen LogP contribution in [0.2, 0.25) is 0 Å². The van der Waals surface area contributed by atoms with Crippen LogP contribution in [0.15, 0.2) is 11.4 Å². The molecular formula is C19H30N6OS. The van der Waals surface area contributed by atoms with Crippen LogP contribution in [0.3, 0.4) is 0 Å². The van der Waals surface area contributed by atoms with Crippen molar-refractivity contribution in [1.82, 2.24) is 25.1 Å². The molecule has 1 aliphatic rings. The van der Waals surface area contributed by atoms with Crippen molar-refractivity contribution < 1.29 is 4.79 Å². The highest BCUT2D eigenvalue weighted by Crippen LogP contribution is 2.29. The number of hydrogen-bond donors (Lipinski definition) is 1. The summed E-state index contributed by atoms with van der Waals surface area (Å²) in [6.07, 6.45) is 6.02. The van der Waals surface area contributed by atoms with Gasteiger partial charge in [-0.1, -0.05) is 32.5 Å². The summed E-state index contributed by atoms with van der Waals surface area (Å²) in [7, 11) is 0. The van der Waals surface area contributed by atoms with Crippen molar-refractivity contribution in [3.8, 4) is 0 Å². The monoisotopic (exact) mass is 390 g/mol. The molecule has 27 heavy (non-hydrogen) atoms. The summed E-state index contributed by atoms with van der Waals surface area (Å²) in [4.78, 5) is 24.1. The predicted octanol–water partition coefficient (Wildman–Crippen LogP) is 3.09. The van der Waals surface area contributed by atoms with E-state index in [-0.39, 0.29) is 11.8 Å². The van der Waals surface area contributed by atoms with E-state index in [4.69, 9.17) is 9.97 Å². The number of anilines is 1. The van der Waals surface area contributed by atoms with Gasteiger partial charge in [-0.25, -0.2) is 14.6 Å². The topological polar surface area (TPSA) is 75.9 Å². The minimum Gasteiger partial charge on any atom is -0.356 e. The molecule has 0 spiro atoms. The zero-order valence-corrected chi connectivity index (χ0v) is 17.4. The highest BCUT2D eigenvalue weighted by molar-refractivity contribution is 7.99. The summed E-state index contributed by atoms with van der Waals surface area (Å²) < 4.78 is 1.89. The second-order valence-electron chi connectivity index (χ2n) is 6.87. The molecule has 0 aliphatic carbocycles. The van der Waals surface area contributed by atoms with Crippen LogP contribution in [0.1, 0.15) is 46.5 Å². The van der Waals surface area contributed by atoms with Gasteiger partial charge in [-0.2, -0.15) is 5.10 Å². The molecule has 3 heterocycles. The van der Waals surface area contributed by atoms with Crippen LogP contribution < -0.4 is 10.2 Å². The van der Waals surface area contributed by atoms with Crippen molar-refractivity contribution in [2.45, 2.75) is 58.2 Å². The minimum atomic E-state index is 0.0935. The molecule has 0 radical (unpaired) electrons. The summed E-state index contributed by atoms with van der Waals surface area (Å²) >= 11 is 1.65. The van der Waals surface area contributed by atoms with E-state index in [0.29, 0.717) is 13.1 Å². The third-order valence-corrected chi connectivity index (χ3v) is 5.84. The Morgan fingerprint density at radius 2 is 1.96 bits per heavy atom. The number of carbonyl (C=O) groups is 1. The van der Waals surface area contributed by atoms with Crippen molar-refractivity contribution >= 4 is 34.5 Å². The van der Waals surface area contributed by atoms with Crippen molar-refractivity contribution in [3.63, 3.8) is 0 Å². The summed E-state index contributed by atoms with van der Waals surface area (Å²) in [6, 6.07) is 0. The molecule has 1 fully saturated rings. The normalized spacial score (nSPS) is 14.4. The first-order valence-electron chi connectivity index (χ1n) is 10.1. The summed E-state index contributed by atoms with van der Waals surface area (Å²) in [6.45, 7) is 9.47. The lowest BCUT2D eigenvalue weighted by Crippen LogP contribution is -2.32. The number of hydrogen-bond acceptors (Lipinski definition) is 6. The van der Waals surface area contributed by atoms with Crippen molar-refractivity contribution in [3.05, 3.63) is 6.20 Å². The minimum absolute atomic E-state index is 0.0935. The molecule has 0 unspecified atom stereocenters. The number of thioether (sulfide) groups is 1. The fourth-order valence-corrected chi connectivity index (χ4v) is 4.10. The van der Waals surface area contributed by atoms with Crippen molar-refractivity contribution in [1.29, 1.82) is 0 Å². The van der Waals surface area contributed by atoms with Gasteiger partial charge in [0.1, 0.15) is 5.82 Å². The standard InChI is InChI=1S/C19H30N6OS/c1-4-14(5-2)18(26)20-9-12-25-17-15(13-21-25)16(24-10-7-8-11-24)22-19(23-17)27-6-3/h13-14H,4-12H2,1-3H3,(H,20,26). The maximum absolute atomic E-state index is 12.2. The first kappa shape index (κ1) is 19.9. The Kier molecular flexibility index (Phi) is 6.93. The SMILES string of the molecule is CCSc1nc(N2CCCC2)c2cnn(CCNC(=O)C(CC)CC)c2n1. The smallest absolute Gasteiger partial charge is 0.223 e. The number of nitrogens with one attached hydrogen (secondary N) is 1. The van der Waals surface area contributed by atoms with Crippen LogP contribution in [0.5, 0.6) is 0 Å². The molecular weight excluding hydrogens is 360 g/mol. The third-order valence-electron chi connectivity index (χ3n) is 5.11. The molecule has 2 aromatic rings. The largest absolute Gasteiger partial charge is 0.356 e. The molecule has 0 bridgehead atoms. The number of carbonyl (C=O) groups excluding carboxylic acids is 1. The highest BCUT2D eigenvalue weighted by Gasteiger charge is 2.21. The van der Waals surface area contributed by atoms with Gasteiger partial charge in [-0.05, 0) is 31.4 Å². The highest BCUT2D eigenvalue weighted by atomic mass is 32.2. The average molecular weight is 391 g/mol. The first-order valence-corrected chi connectivity index (χ1v) is 11.0. The lowest BCUT2D eigenvalue weighted by atomic mass is 10.0. The number of amides is 1. The van der Waals surface area contributed by atoms with Crippen LogP contribution in [0.25, 0.3) is 11.0 Å². The Labute approximate surface area is 165 Å². The molecule has 0 atom stereocenters. The predicted molar refractivity (Wildman–Crippen MR) is 110 cm³/mol. The molecule has 1 amide bonds. The van der Waals surface area contributed by atoms with Gasteiger partial charge in [0.2, 0.25) is 5.91 Å². The molecule has 148 valence electrons. The quantitative estimate of drug-likeness (QED) is 0.524. The van der Waals surface area contributed by atoms with E-state index in [2.05, 4.69) is 36.1 Å². The molecule has 0 aromatic carbocycles. The fraction of sp³-hybridized carbons (Fsp3) is 0.684. The van der Waals surface area contributed by atoms with E-state index >= 15 is 0 Å². The van der Waals surface area contributed by atoms with Gasteiger partial charge in [-0.15, -0.1) is 0 Å². The molecule has 8 heteroatoms. The van der Waals surface area contributed by atoms with Crippen LogP contribution in [0, 0.1) is 5.92 Å². The van der Waals surface area contributed by atoms with Crippen LogP contribution in [0.4, 0.5) is 5.82 Å². The van der Waals surface area contributed by atoms with Gasteiger partial charge in [0.05, 0.1) is 18.1 Å². The van der Waals surface area contributed by atoms with Crippen LogP contribution in [-0.4, -0.2) is 51.0 Å². The van der Waals surface area contributed by atoms with Crippen molar-refractivity contribution in [2.24, 2.45) is 5.92 Å². The van der Waals surface area contributed by atoms with Gasteiger partial charge in [0, 0.05) is 25.6 Å². The van der Waals surface area contributed by atoms with Crippen molar-refractivity contribution in [2.75, 3.05) is 30.3 Å². The number of rotatable bonds is 9. The zero-order chi connectivity index (χ0) is 19.2. The van der Waals surface area contributed by atoms with E-state index < -0.39 is 0 Å². The summed E-state index contributed by atoms with van der Waals surface area (Å²) in [5.74, 6) is 2.16. The second kappa shape index (κ2) is 9.39. The molecule has 3 rings (SSSR count). The van der Waals surface area contributed by atoms with Gasteiger partial charge >= 0.3 is 0 Å². The summed E-state index contributed by atoms with van der Waals surface area (Å²) in [5.41, 5.74) is 0.861. The van der Waals surface area contributed by atoms with Gasteiger partial charge < -0.3 is 10.2 Å². The molecule has 1 saturated heterocycles. The van der Waals surface area contributed by atoms with Gasteiger partial charge in [0.15, 0.2) is 10.8 Å². The third kappa shape index (κ3) is 4.54. The zero-order valence-electron chi connectivity index (χ0n) is 16.6. The molecule has 1 N–H and O–H groups in total. The molecule has 1 aliphatic heterocycles. The summed E-state index contributed by atoms with van der Waals surface area (Å²) in [5, 5.41) is 9.38. The van der Waals surface area contributed by atoms with Crippen LogP contribution >= 0.6 is 11.8 Å². The lowest BCUT2D eigenvalue weighted by molar-refractivity contribution is -0.125. The second-order valence-corrected chi connectivity index (χ2v) is 8.10. The van der Waals surface area contributed by atoms with Gasteiger partial charge in [0.25, 0.3) is 0 Å². The van der Waals surface area contributed by atoms with E-state index in [1.807, 2.05) is 10.9 Å². The Hall–Kier alpha value is -1.83. The first-order chi connectivity index (χ1) is 13.2. The molecule has 0 saturated carbocycles.